The third kappa shape index (κ3) is 1.34. The third-order valence-electron chi connectivity index (χ3n) is 2.74. The van der Waals surface area contributed by atoms with Gasteiger partial charge < -0.3 is 14.5 Å². The van der Waals surface area contributed by atoms with Crippen LogP contribution in [0.1, 0.15) is 11.3 Å². The predicted molar refractivity (Wildman–Crippen MR) is 62.1 cm³/mol. The molecule has 1 aliphatic carbocycles. The molecule has 0 unspecified atom stereocenters. The highest BCUT2D eigenvalue weighted by atomic mass is 32.2. The molecule has 0 atom stereocenters. The summed E-state index contributed by atoms with van der Waals surface area (Å²) < 4.78 is 2.02. The molecule has 0 fully saturated rings. The summed E-state index contributed by atoms with van der Waals surface area (Å²) in [6.45, 7) is 0. The van der Waals surface area contributed by atoms with Crippen molar-refractivity contribution in [2.24, 2.45) is 0 Å². The number of nitrogens with zero attached hydrogens (tertiary/aromatic N) is 1. The number of rotatable bonds is 1. The fourth-order valence-electron chi connectivity index (χ4n) is 2.04. The van der Waals surface area contributed by atoms with E-state index < -0.39 is 5.97 Å². The molecule has 1 aliphatic heterocycles. The van der Waals surface area contributed by atoms with E-state index in [2.05, 4.69) is 0 Å². The largest absolute Gasteiger partial charge is 0.545 e. The molecule has 0 spiro atoms. The maximum absolute atomic E-state index is 10.9. The van der Waals surface area contributed by atoms with E-state index in [0.29, 0.717) is 12.0 Å². The molecule has 1 aromatic heterocycles. The monoisotopic (exact) mass is 230 g/mol. The van der Waals surface area contributed by atoms with E-state index in [1.807, 2.05) is 33.8 Å². The number of allylic oxidation sites excluding steroid dienone is 2. The van der Waals surface area contributed by atoms with Gasteiger partial charge in [0.1, 0.15) is 0 Å². The molecule has 0 amide bonds. The number of hydrogen-bond donors (Lipinski definition) is 0. The third-order valence-corrected chi connectivity index (χ3v) is 3.41. The summed E-state index contributed by atoms with van der Waals surface area (Å²) in [5.74, 6) is -1.08. The average Bonchev–Trinajstić information content (AvgIpc) is 2.55. The van der Waals surface area contributed by atoms with Gasteiger partial charge in [0.25, 0.3) is 0 Å². The molecule has 4 heteroatoms. The Labute approximate surface area is 96.8 Å². The summed E-state index contributed by atoms with van der Waals surface area (Å²) in [6, 6.07) is 1.96. The van der Waals surface area contributed by atoms with Gasteiger partial charge in [-0.05, 0) is 34.1 Å². The molecule has 0 radical (unpaired) electrons. The molecule has 0 bridgehead atoms. The van der Waals surface area contributed by atoms with Crippen molar-refractivity contribution in [2.45, 2.75) is 6.42 Å². The zero-order valence-electron chi connectivity index (χ0n) is 8.34. The minimum atomic E-state index is -1.08. The second kappa shape index (κ2) is 3.42. The number of aromatic nitrogens is 1. The highest BCUT2D eigenvalue weighted by Crippen LogP contribution is 2.34. The summed E-state index contributed by atoms with van der Waals surface area (Å²) in [6.07, 6.45) is 6.08. The van der Waals surface area contributed by atoms with E-state index >= 15 is 0 Å². The van der Waals surface area contributed by atoms with Gasteiger partial charge in [-0.1, -0.05) is 0 Å². The Balaban J connectivity index is 2.20. The summed E-state index contributed by atoms with van der Waals surface area (Å²) in [5, 5.41) is 14.8. The maximum Gasteiger partial charge on any atom is 0.0678 e. The number of thioether (sulfide) groups is 1. The van der Waals surface area contributed by atoms with Crippen molar-refractivity contribution in [3.63, 3.8) is 0 Å². The number of carbonyl (C=O) groups excluding carboxylic acids is 1. The van der Waals surface area contributed by atoms with Crippen LogP contribution in [0, 0.1) is 0 Å². The Kier molecular flexibility index (Phi) is 2.04. The Morgan fingerprint density at radius 3 is 3.19 bits per heavy atom. The van der Waals surface area contributed by atoms with Crippen molar-refractivity contribution < 1.29 is 9.90 Å². The number of carboxylic acids is 1. The molecule has 0 saturated carbocycles. The molecular weight excluding hydrogens is 222 g/mol. The molecule has 2 heterocycles. The predicted octanol–water partition coefficient (Wildman–Crippen LogP) is 1.24. The first-order chi connectivity index (χ1) is 7.75. The van der Waals surface area contributed by atoms with Gasteiger partial charge in [0.05, 0.1) is 11.7 Å². The van der Waals surface area contributed by atoms with Crippen LogP contribution < -0.4 is 5.11 Å². The molecule has 0 saturated heterocycles. The molecule has 3 nitrogen and oxygen atoms in total. The molecule has 80 valence electrons. The standard InChI is InChI=1S/C12H9NO2S/c14-12(15)9-5-8-1-2-13-3-4-16-7-10(6-9)11(8)13/h1-4,6-7H,5H2,(H,14,15)/p-1. The van der Waals surface area contributed by atoms with Crippen molar-refractivity contribution in [1.29, 1.82) is 0 Å². The lowest BCUT2D eigenvalue weighted by Gasteiger charge is -2.17. The van der Waals surface area contributed by atoms with Crippen LogP contribution in [0.15, 0.2) is 34.7 Å². The van der Waals surface area contributed by atoms with E-state index in [0.717, 1.165) is 16.8 Å². The number of carboxylic acid groups (broad SMARTS) is 1. The minimum absolute atomic E-state index is 0.346. The lowest BCUT2D eigenvalue weighted by molar-refractivity contribution is -0.299. The fourth-order valence-corrected chi connectivity index (χ4v) is 2.64. The lowest BCUT2D eigenvalue weighted by Crippen LogP contribution is -2.26. The summed E-state index contributed by atoms with van der Waals surface area (Å²) in [7, 11) is 0. The highest BCUT2D eigenvalue weighted by Gasteiger charge is 2.19. The molecule has 0 aromatic carbocycles. The highest BCUT2D eigenvalue weighted by molar-refractivity contribution is 8.05. The normalized spacial score (nSPS) is 17.2. The van der Waals surface area contributed by atoms with Crippen molar-refractivity contribution >= 4 is 29.5 Å². The van der Waals surface area contributed by atoms with Crippen LogP contribution in [0.2, 0.25) is 0 Å². The second-order valence-electron chi connectivity index (χ2n) is 3.73. The van der Waals surface area contributed by atoms with Crippen molar-refractivity contribution in [3.05, 3.63) is 46.0 Å². The summed E-state index contributed by atoms with van der Waals surface area (Å²) in [4.78, 5) is 10.9. The Morgan fingerprint density at radius 1 is 1.50 bits per heavy atom. The van der Waals surface area contributed by atoms with Crippen molar-refractivity contribution in [3.8, 4) is 0 Å². The van der Waals surface area contributed by atoms with Gasteiger partial charge in [0, 0.05) is 24.4 Å². The Bertz CT molecular complexity index is 564. The molecule has 2 aliphatic rings. The average molecular weight is 230 g/mol. The molecule has 0 N–H and O–H groups in total. The second-order valence-corrected chi connectivity index (χ2v) is 4.51. The van der Waals surface area contributed by atoms with Gasteiger partial charge in [-0.2, -0.15) is 0 Å². The first kappa shape index (κ1) is 9.54. The van der Waals surface area contributed by atoms with E-state index in [4.69, 9.17) is 0 Å². The molecular formula is C12H8NO2S-. The van der Waals surface area contributed by atoms with Gasteiger partial charge in [0.2, 0.25) is 0 Å². The zero-order chi connectivity index (χ0) is 11.1. The summed E-state index contributed by atoms with van der Waals surface area (Å²) in [5.41, 5.74) is 3.42. The number of aliphatic carboxylic acids is 1. The Morgan fingerprint density at radius 2 is 2.38 bits per heavy atom. The van der Waals surface area contributed by atoms with E-state index in [9.17, 15) is 9.90 Å². The summed E-state index contributed by atoms with van der Waals surface area (Å²) >= 11 is 1.54. The molecule has 16 heavy (non-hydrogen) atoms. The van der Waals surface area contributed by atoms with Gasteiger partial charge in [-0.3, -0.25) is 0 Å². The fraction of sp³-hybridized carbons (Fsp3) is 0.0833. The first-order valence-electron chi connectivity index (χ1n) is 4.90. The smallest absolute Gasteiger partial charge is 0.0678 e. The van der Waals surface area contributed by atoms with E-state index in [1.165, 1.54) is 0 Å². The lowest BCUT2D eigenvalue weighted by atomic mass is 9.94. The topological polar surface area (TPSA) is 45.1 Å². The van der Waals surface area contributed by atoms with Crippen LogP contribution in [-0.4, -0.2) is 10.5 Å². The zero-order valence-corrected chi connectivity index (χ0v) is 9.16. The minimum Gasteiger partial charge on any atom is -0.545 e. The molecule has 3 rings (SSSR count). The molecule has 1 aromatic rings. The SMILES string of the molecule is O=C([O-])C1=CC2=CSC=Cn3ccc(c32)C1. The van der Waals surface area contributed by atoms with Gasteiger partial charge in [-0.15, -0.1) is 11.8 Å². The number of carbonyl (C=O) groups is 1. The van der Waals surface area contributed by atoms with Crippen LogP contribution >= 0.6 is 11.8 Å². The van der Waals surface area contributed by atoms with Crippen LogP contribution in [0.25, 0.3) is 11.8 Å². The van der Waals surface area contributed by atoms with Crippen LogP contribution in [0.4, 0.5) is 0 Å². The van der Waals surface area contributed by atoms with Crippen LogP contribution in [0.5, 0.6) is 0 Å². The van der Waals surface area contributed by atoms with E-state index in [1.54, 1.807) is 17.8 Å². The van der Waals surface area contributed by atoms with E-state index in [-0.39, 0.29) is 0 Å². The number of hydrogen-bond acceptors (Lipinski definition) is 3. The Hall–Kier alpha value is -1.68. The van der Waals surface area contributed by atoms with Crippen molar-refractivity contribution in [1.82, 2.24) is 4.57 Å². The van der Waals surface area contributed by atoms with Gasteiger partial charge in [-0.25, -0.2) is 0 Å². The maximum atomic E-state index is 10.9. The quantitative estimate of drug-likeness (QED) is 0.729. The van der Waals surface area contributed by atoms with Gasteiger partial charge >= 0.3 is 0 Å². The first-order valence-corrected chi connectivity index (χ1v) is 5.84. The van der Waals surface area contributed by atoms with Gasteiger partial charge in [0.15, 0.2) is 0 Å². The van der Waals surface area contributed by atoms with Crippen LogP contribution in [-0.2, 0) is 11.2 Å². The van der Waals surface area contributed by atoms with Crippen molar-refractivity contribution in [2.75, 3.05) is 0 Å². The van der Waals surface area contributed by atoms with Crippen LogP contribution in [0.3, 0.4) is 0 Å².